The van der Waals surface area contributed by atoms with Crippen molar-refractivity contribution in [1.82, 2.24) is 9.88 Å². The summed E-state index contributed by atoms with van der Waals surface area (Å²) in [5.41, 5.74) is 3.80. The molecule has 0 aliphatic carbocycles. The van der Waals surface area contributed by atoms with Crippen LogP contribution < -0.4 is 25.6 Å². The number of hydrogen-bond acceptors (Lipinski definition) is 5. The highest BCUT2D eigenvalue weighted by molar-refractivity contribution is 6.33. The molecule has 188 valence electrons. The van der Waals surface area contributed by atoms with E-state index in [1.807, 2.05) is 56.3 Å². The van der Waals surface area contributed by atoms with Gasteiger partial charge in [-0.2, -0.15) is 0 Å². The van der Waals surface area contributed by atoms with Crippen molar-refractivity contribution in [2.45, 2.75) is 13.8 Å². The molecule has 3 N–H and O–H groups in total. The molecule has 0 spiro atoms. The molecule has 2 heterocycles. The van der Waals surface area contributed by atoms with Crippen LogP contribution >= 0.6 is 11.6 Å². The van der Waals surface area contributed by atoms with E-state index >= 15 is 0 Å². The number of anilines is 4. The number of nitrogens with zero attached hydrogens (tertiary/aromatic N) is 3. The van der Waals surface area contributed by atoms with Crippen LogP contribution in [0.2, 0.25) is 5.02 Å². The number of pyridine rings is 1. The van der Waals surface area contributed by atoms with E-state index in [4.69, 9.17) is 16.3 Å². The molecule has 0 radical (unpaired) electrons. The predicted octanol–water partition coefficient (Wildman–Crippen LogP) is 5.36. The van der Waals surface area contributed by atoms with Crippen molar-refractivity contribution in [2.75, 3.05) is 54.1 Å². The summed E-state index contributed by atoms with van der Waals surface area (Å²) in [6.07, 6.45) is 1.61. The minimum Gasteiger partial charge on any atom is -0.495 e. The van der Waals surface area contributed by atoms with Crippen LogP contribution in [0.15, 0.2) is 54.7 Å². The quantitative estimate of drug-likeness (QED) is 0.431. The Balaban J connectivity index is 1.28. The van der Waals surface area contributed by atoms with Crippen LogP contribution in [0, 0.1) is 13.8 Å². The van der Waals surface area contributed by atoms with Gasteiger partial charge in [-0.25, -0.2) is 14.6 Å². The standard InChI is InChI=1S/C26H29ClN6O3/c1-17-4-7-21(20(27)14-17)31-26(35)33-12-10-32(11-13-33)24-9-6-19(16-28-24)29-25(34)30-22-15-18(2)5-8-23(22)36-3/h4-9,14-16H,10-13H2,1-3H3,(H,31,35)(H2,29,30,34). The first kappa shape index (κ1) is 25.1. The van der Waals surface area contributed by atoms with E-state index in [-0.39, 0.29) is 12.1 Å². The fourth-order valence-corrected chi connectivity index (χ4v) is 4.19. The Labute approximate surface area is 215 Å². The van der Waals surface area contributed by atoms with Crippen molar-refractivity contribution in [1.29, 1.82) is 0 Å². The number of ether oxygens (including phenoxy) is 1. The van der Waals surface area contributed by atoms with Gasteiger partial charge in [0, 0.05) is 26.2 Å². The molecule has 0 atom stereocenters. The molecule has 36 heavy (non-hydrogen) atoms. The summed E-state index contributed by atoms with van der Waals surface area (Å²) in [5.74, 6) is 1.36. The van der Waals surface area contributed by atoms with Crippen LogP contribution in [0.25, 0.3) is 0 Å². The minimum absolute atomic E-state index is 0.177. The molecule has 1 fully saturated rings. The number of benzene rings is 2. The summed E-state index contributed by atoms with van der Waals surface area (Å²) in [6, 6.07) is 14.2. The average molecular weight is 509 g/mol. The van der Waals surface area contributed by atoms with E-state index in [0.29, 0.717) is 54.0 Å². The Morgan fingerprint density at radius 3 is 2.28 bits per heavy atom. The molecule has 1 saturated heterocycles. The second-order valence-corrected chi connectivity index (χ2v) is 8.98. The summed E-state index contributed by atoms with van der Waals surface area (Å²) in [7, 11) is 1.56. The molecule has 0 unspecified atom stereocenters. The van der Waals surface area contributed by atoms with Crippen molar-refractivity contribution < 1.29 is 14.3 Å². The Hall–Kier alpha value is -3.98. The molecular weight excluding hydrogens is 480 g/mol. The van der Waals surface area contributed by atoms with Crippen molar-refractivity contribution >= 4 is 46.5 Å². The summed E-state index contributed by atoms with van der Waals surface area (Å²) < 4.78 is 5.30. The molecule has 2 aromatic carbocycles. The van der Waals surface area contributed by atoms with Gasteiger partial charge in [-0.1, -0.05) is 23.7 Å². The number of halogens is 1. The van der Waals surface area contributed by atoms with Gasteiger partial charge in [0.1, 0.15) is 11.6 Å². The molecule has 10 heteroatoms. The average Bonchev–Trinajstić information content (AvgIpc) is 2.86. The SMILES string of the molecule is COc1ccc(C)cc1NC(=O)Nc1ccc(N2CCN(C(=O)Nc3ccc(C)cc3Cl)CC2)nc1. The van der Waals surface area contributed by atoms with Gasteiger partial charge in [-0.05, 0) is 61.4 Å². The number of rotatable bonds is 5. The topological polar surface area (TPSA) is 98.8 Å². The molecule has 4 rings (SSSR count). The first-order chi connectivity index (χ1) is 17.3. The van der Waals surface area contributed by atoms with Gasteiger partial charge in [0.15, 0.2) is 0 Å². The highest BCUT2D eigenvalue weighted by Gasteiger charge is 2.22. The van der Waals surface area contributed by atoms with Crippen LogP contribution in [0.4, 0.5) is 32.5 Å². The van der Waals surface area contributed by atoms with Gasteiger partial charge in [-0.3, -0.25) is 0 Å². The normalized spacial score (nSPS) is 13.2. The Morgan fingerprint density at radius 2 is 1.61 bits per heavy atom. The lowest BCUT2D eigenvalue weighted by molar-refractivity contribution is 0.208. The molecule has 1 aliphatic rings. The maximum atomic E-state index is 12.7. The number of piperazine rings is 1. The lowest BCUT2D eigenvalue weighted by Gasteiger charge is -2.35. The molecule has 4 amide bonds. The smallest absolute Gasteiger partial charge is 0.323 e. The lowest BCUT2D eigenvalue weighted by Crippen LogP contribution is -2.50. The van der Waals surface area contributed by atoms with E-state index < -0.39 is 0 Å². The third-order valence-electron chi connectivity index (χ3n) is 5.87. The number of nitrogens with one attached hydrogen (secondary N) is 3. The Bertz CT molecular complexity index is 1240. The molecule has 1 aromatic heterocycles. The first-order valence-corrected chi connectivity index (χ1v) is 12.0. The summed E-state index contributed by atoms with van der Waals surface area (Å²) in [5, 5.41) is 8.99. The predicted molar refractivity (Wildman–Crippen MR) is 144 cm³/mol. The van der Waals surface area contributed by atoms with E-state index in [2.05, 4.69) is 25.8 Å². The van der Waals surface area contributed by atoms with Crippen molar-refractivity contribution in [2.24, 2.45) is 0 Å². The van der Waals surface area contributed by atoms with Gasteiger partial charge < -0.3 is 30.5 Å². The maximum absolute atomic E-state index is 12.7. The summed E-state index contributed by atoms with van der Waals surface area (Å²) >= 11 is 6.23. The van der Waals surface area contributed by atoms with Gasteiger partial charge in [0.2, 0.25) is 0 Å². The molecule has 0 saturated carbocycles. The minimum atomic E-state index is -0.387. The van der Waals surface area contributed by atoms with E-state index in [9.17, 15) is 9.59 Å². The fourth-order valence-electron chi connectivity index (χ4n) is 3.91. The number of aryl methyl sites for hydroxylation is 2. The zero-order valence-electron chi connectivity index (χ0n) is 20.5. The Morgan fingerprint density at radius 1 is 0.889 bits per heavy atom. The number of methoxy groups -OCH3 is 1. The van der Waals surface area contributed by atoms with E-state index in [1.54, 1.807) is 24.3 Å². The second-order valence-electron chi connectivity index (χ2n) is 8.58. The van der Waals surface area contributed by atoms with Crippen molar-refractivity contribution in [3.63, 3.8) is 0 Å². The number of carbonyl (C=O) groups excluding carboxylic acids is 2. The zero-order valence-corrected chi connectivity index (χ0v) is 21.2. The third kappa shape index (κ3) is 6.17. The van der Waals surface area contributed by atoms with Gasteiger partial charge >= 0.3 is 12.1 Å². The molecule has 0 bridgehead atoms. The van der Waals surface area contributed by atoms with Crippen molar-refractivity contribution in [3.8, 4) is 5.75 Å². The monoisotopic (exact) mass is 508 g/mol. The number of carbonyl (C=O) groups is 2. The molecule has 3 aromatic rings. The highest BCUT2D eigenvalue weighted by Crippen LogP contribution is 2.26. The van der Waals surface area contributed by atoms with Crippen LogP contribution in [0.1, 0.15) is 11.1 Å². The van der Waals surface area contributed by atoms with Crippen LogP contribution in [0.5, 0.6) is 5.75 Å². The number of aromatic nitrogens is 1. The van der Waals surface area contributed by atoms with Crippen LogP contribution in [0.3, 0.4) is 0 Å². The third-order valence-corrected chi connectivity index (χ3v) is 6.18. The van der Waals surface area contributed by atoms with Gasteiger partial charge in [-0.15, -0.1) is 0 Å². The van der Waals surface area contributed by atoms with Crippen LogP contribution in [-0.2, 0) is 0 Å². The Kier molecular flexibility index (Phi) is 7.80. The van der Waals surface area contributed by atoms with Gasteiger partial charge in [0.05, 0.1) is 35.4 Å². The van der Waals surface area contributed by atoms with Crippen LogP contribution in [-0.4, -0.2) is 55.2 Å². The van der Waals surface area contributed by atoms with Crippen molar-refractivity contribution in [3.05, 3.63) is 70.9 Å². The number of hydrogen-bond donors (Lipinski definition) is 3. The molecular formula is C26H29ClN6O3. The van der Waals surface area contributed by atoms with E-state index in [1.165, 1.54) is 0 Å². The van der Waals surface area contributed by atoms with E-state index in [0.717, 1.165) is 16.9 Å². The zero-order chi connectivity index (χ0) is 25.7. The molecule has 9 nitrogen and oxygen atoms in total. The largest absolute Gasteiger partial charge is 0.495 e. The van der Waals surface area contributed by atoms with Gasteiger partial charge in [0.25, 0.3) is 0 Å². The first-order valence-electron chi connectivity index (χ1n) is 11.6. The second kappa shape index (κ2) is 11.2. The lowest BCUT2D eigenvalue weighted by atomic mass is 10.2. The number of amides is 4. The number of urea groups is 2. The summed E-state index contributed by atoms with van der Waals surface area (Å²) in [4.78, 5) is 33.4. The maximum Gasteiger partial charge on any atom is 0.323 e. The molecule has 1 aliphatic heterocycles. The highest BCUT2D eigenvalue weighted by atomic mass is 35.5. The fraction of sp³-hybridized carbons (Fsp3) is 0.269. The summed E-state index contributed by atoms with van der Waals surface area (Å²) in [6.45, 7) is 6.28.